The van der Waals surface area contributed by atoms with Gasteiger partial charge in [-0.2, -0.15) is 4.68 Å². The van der Waals surface area contributed by atoms with Gasteiger partial charge < -0.3 is 9.47 Å². The summed E-state index contributed by atoms with van der Waals surface area (Å²) in [4.78, 5) is 0. The van der Waals surface area contributed by atoms with Gasteiger partial charge in [0.1, 0.15) is 17.2 Å². The van der Waals surface area contributed by atoms with Gasteiger partial charge >= 0.3 is 0 Å². The Morgan fingerprint density at radius 1 is 0.826 bits per heavy atom. The van der Waals surface area contributed by atoms with Crippen molar-refractivity contribution in [3.63, 3.8) is 0 Å². The van der Waals surface area contributed by atoms with Crippen molar-refractivity contribution in [2.45, 2.75) is 0 Å². The standard InChI is InChI=1S/C19H21N2O2/c1-20-18(14-8-6-5-7-9-14)13-19(21(20)2)15-10-16(22-3)12-17(11-15)23-4/h5-13H,1-4H3/q+1. The van der Waals surface area contributed by atoms with Crippen molar-refractivity contribution < 1.29 is 14.2 Å². The maximum atomic E-state index is 5.38. The highest BCUT2D eigenvalue weighted by Crippen LogP contribution is 2.30. The second-order valence-corrected chi connectivity index (χ2v) is 5.43. The maximum absolute atomic E-state index is 5.38. The van der Waals surface area contributed by atoms with E-state index in [-0.39, 0.29) is 0 Å². The third-order valence-corrected chi connectivity index (χ3v) is 4.14. The number of rotatable bonds is 4. The molecule has 0 N–H and O–H groups in total. The first-order valence-corrected chi connectivity index (χ1v) is 7.49. The van der Waals surface area contributed by atoms with Gasteiger partial charge in [0, 0.05) is 17.7 Å². The van der Waals surface area contributed by atoms with Crippen molar-refractivity contribution in [1.29, 1.82) is 0 Å². The van der Waals surface area contributed by atoms with Crippen molar-refractivity contribution in [1.82, 2.24) is 4.68 Å². The molecular weight excluding hydrogens is 288 g/mol. The van der Waals surface area contributed by atoms with Crippen LogP contribution in [0.15, 0.2) is 54.6 Å². The van der Waals surface area contributed by atoms with E-state index >= 15 is 0 Å². The summed E-state index contributed by atoms with van der Waals surface area (Å²) < 4.78 is 15.0. The van der Waals surface area contributed by atoms with E-state index in [4.69, 9.17) is 9.47 Å². The Bertz CT molecular complexity index is 801. The molecule has 0 saturated heterocycles. The van der Waals surface area contributed by atoms with Gasteiger partial charge in [-0.25, -0.2) is 0 Å². The molecule has 0 atom stereocenters. The monoisotopic (exact) mass is 309 g/mol. The second-order valence-electron chi connectivity index (χ2n) is 5.43. The van der Waals surface area contributed by atoms with Crippen LogP contribution in [0, 0.1) is 0 Å². The van der Waals surface area contributed by atoms with Crippen molar-refractivity contribution in [3.05, 3.63) is 54.6 Å². The molecule has 0 aliphatic carbocycles. The summed E-state index contributed by atoms with van der Waals surface area (Å²) in [5, 5.41) is 0. The van der Waals surface area contributed by atoms with E-state index in [1.54, 1.807) is 14.2 Å². The predicted octanol–water partition coefficient (Wildman–Crippen LogP) is 3.20. The van der Waals surface area contributed by atoms with E-state index in [1.165, 1.54) is 5.56 Å². The fourth-order valence-electron chi connectivity index (χ4n) is 2.74. The molecule has 0 aliphatic heterocycles. The lowest BCUT2D eigenvalue weighted by Gasteiger charge is -2.06. The highest BCUT2D eigenvalue weighted by Gasteiger charge is 2.21. The zero-order valence-electron chi connectivity index (χ0n) is 13.9. The molecule has 0 spiro atoms. The number of methoxy groups -OCH3 is 2. The topological polar surface area (TPSA) is 27.3 Å². The first-order chi connectivity index (χ1) is 11.1. The Morgan fingerprint density at radius 3 is 2.00 bits per heavy atom. The lowest BCUT2D eigenvalue weighted by molar-refractivity contribution is -0.740. The van der Waals surface area contributed by atoms with Crippen LogP contribution in [0.1, 0.15) is 0 Å². The molecule has 0 amide bonds. The molecule has 0 bridgehead atoms. The zero-order chi connectivity index (χ0) is 16.4. The zero-order valence-corrected chi connectivity index (χ0v) is 13.9. The van der Waals surface area contributed by atoms with Crippen LogP contribution in [0.3, 0.4) is 0 Å². The normalized spacial score (nSPS) is 10.6. The lowest BCUT2D eigenvalue weighted by Crippen LogP contribution is -2.39. The summed E-state index contributed by atoms with van der Waals surface area (Å²) in [6.07, 6.45) is 0. The molecular formula is C19H21N2O2+. The third-order valence-electron chi connectivity index (χ3n) is 4.14. The minimum absolute atomic E-state index is 0.782. The van der Waals surface area contributed by atoms with E-state index in [1.807, 2.05) is 31.3 Å². The fourth-order valence-corrected chi connectivity index (χ4v) is 2.74. The fraction of sp³-hybridized carbons (Fsp3) is 0.211. The Hall–Kier alpha value is -2.75. The average Bonchev–Trinajstić information content (AvgIpc) is 2.90. The van der Waals surface area contributed by atoms with Crippen molar-refractivity contribution in [2.24, 2.45) is 14.1 Å². The molecule has 0 saturated carbocycles. The molecule has 0 radical (unpaired) electrons. The molecule has 3 rings (SSSR count). The van der Waals surface area contributed by atoms with Crippen molar-refractivity contribution in [3.8, 4) is 34.0 Å². The molecule has 4 heteroatoms. The predicted molar refractivity (Wildman–Crippen MR) is 90.6 cm³/mol. The summed E-state index contributed by atoms with van der Waals surface area (Å²) in [7, 11) is 7.44. The molecule has 0 unspecified atom stereocenters. The number of hydrogen-bond donors (Lipinski definition) is 0. The first-order valence-electron chi connectivity index (χ1n) is 7.49. The third kappa shape index (κ3) is 2.80. The first kappa shape index (κ1) is 15.2. The van der Waals surface area contributed by atoms with Crippen LogP contribution in [0.4, 0.5) is 0 Å². The quantitative estimate of drug-likeness (QED) is 0.692. The van der Waals surface area contributed by atoms with Gasteiger partial charge in [0.05, 0.1) is 26.8 Å². The Morgan fingerprint density at radius 2 is 1.43 bits per heavy atom. The van der Waals surface area contributed by atoms with Crippen LogP contribution in [0.2, 0.25) is 0 Å². The molecule has 4 nitrogen and oxygen atoms in total. The van der Waals surface area contributed by atoms with E-state index < -0.39 is 0 Å². The minimum atomic E-state index is 0.782. The molecule has 118 valence electrons. The van der Waals surface area contributed by atoms with Crippen LogP contribution in [0.25, 0.3) is 22.5 Å². The van der Waals surface area contributed by atoms with E-state index in [2.05, 4.69) is 46.7 Å². The van der Waals surface area contributed by atoms with Crippen LogP contribution in [-0.4, -0.2) is 18.9 Å². The Labute approximate surface area is 136 Å². The Kier molecular flexibility index (Phi) is 4.06. The van der Waals surface area contributed by atoms with Crippen molar-refractivity contribution >= 4 is 0 Å². The van der Waals surface area contributed by atoms with Gasteiger partial charge in [0.2, 0.25) is 5.69 Å². The van der Waals surface area contributed by atoms with Gasteiger partial charge in [-0.3, -0.25) is 0 Å². The minimum Gasteiger partial charge on any atom is -0.497 e. The average molecular weight is 309 g/mol. The van der Waals surface area contributed by atoms with E-state index in [0.717, 1.165) is 28.5 Å². The number of aromatic nitrogens is 2. The van der Waals surface area contributed by atoms with Gasteiger partial charge in [-0.05, 0) is 12.1 Å². The van der Waals surface area contributed by atoms with Crippen molar-refractivity contribution in [2.75, 3.05) is 14.2 Å². The maximum Gasteiger partial charge on any atom is 0.239 e. The molecule has 2 aromatic carbocycles. The van der Waals surface area contributed by atoms with Crippen LogP contribution >= 0.6 is 0 Å². The van der Waals surface area contributed by atoms with Gasteiger partial charge in [-0.1, -0.05) is 30.3 Å². The number of hydrogen-bond acceptors (Lipinski definition) is 2. The SMILES string of the molecule is COc1cc(OC)cc(-c2cc(-c3ccccc3)n(C)[n+]2C)c1. The number of benzene rings is 2. The molecule has 1 aromatic heterocycles. The summed E-state index contributed by atoms with van der Waals surface area (Å²) >= 11 is 0. The molecule has 0 aliphatic rings. The van der Waals surface area contributed by atoms with Gasteiger partial charge in [0.15, 0.2) is 7.05 Å². The van der Waals surface area contributed by atoms with Gasteiger partial charge in [0.25, 0.3) is 0 Å². The van der Waals surface area contributed by atoms with Crippen LogP contribution in [0.5, 0.6) is 11.5 Å². The van der Waals surface area contributed by atoms with Crippen LogP contribution in [-0.2, 0) is 14.1 Å². The van der Waals surface area contributed by atoms with Gasteiger partial charge in [-0.15, -0.1) is 4.68 Å². The smallest absolute Gasteiger partial charge is 0.239 e. The largest absolute Gasteiger partial charge is 0.497 e. The summed E-state index contributed by atoms with van der Waals surface area (Å²) in [5.74, 6) is 1.56. The summed E-state index contributed by atoms with van der Waals surface area (Å²) in [5.41, 5.74) is 4.50. The highest BCUT2D eigenvalue weighted by molar-refractivity contribution is 5.68. The van der Waals surface area contributed by atoms with Crippen LogP contribution < -0.4 is 14.2 Å². The molecule has 23 heavy (non-hydrogen) atoms. The lowest BCUT2D eigenvalue weighted by atomic mass is 10.1. The molecule has 1 heterocycles. The number of ether oxygens (including phenoxy) is 2. The second kappa shape index (κ2) is 6.16. The van der Waals surface area contributed by atoms with E-state index in [9.17, 15) is 0 Å². The molecule has 0 fully saturated rings. The summed E-state index contributed by atoms with van der Waals surface area (Å²) in [6, 6.07) is 18.5. The Balaban J connectivity index is 2.15. The van der Waals surface area contributed by atoms with E-state index in [0.29, 0.717) is 0 Å². The summed E-state index contributed by atoms with van der Waals surface area (Å²) in [6.45, 7) is 0. The number of nitrogens with zero attached hydrogens (tertiary/aromatic N) is 2. The molecule has 3 aromatic rings. The highest BCUT2D eigenvalue weighted by atomic mass is 16.5.